The quantitative estimate of drug-likeness (QED) is 0.392. The fourth-order valence-corrected chi connectivity index (χ4v) is 3.22. The van der Waals surface area contributed by atoms with Gasteiger partial charge >= 0.3 is 0 Å². The molecule has 0 saturated carbocycles. The van der Waals surface area contributed by atoms with Crippen LogP contribution in [-0.4, -0.2) is 53.7 Å². The van der Waals surface area contributed by atoms with Crippen molar-refractivity contribution in [1.29, 1.82) is 0 Å². The minimum absolute atomic E-state index is 0. The van der Waals surface area contributed by atoms with Gasteiger partial charge < -0.3 is 19.6 Å². The SMILES string of the molecule is CCNC(=NCc1nc(C)no1)N1CCN(c2cc(Cl)ccc2C)CC1.I. The maximum absolute atomic E-state index is 6.17. The summed E-state index contributed by atoms with van der Waals surface area (Å²) in [6, 6.07) is 6.05. The van der Waals surface area contributed by atoms with Crippen molar-refractivity contribution >= 4 is 47.2 Å². The van der Waals surface area contributed by atoms with E-state index < -0.39 is 0 Å². The third-order valence-electron chi connectivity index (χ3n) is 4.36. The van der Waals surface area contributed by atoms with Crippen molar-refractivity contribution < 1.29 is 4.52 Å². The summed E-state index contributed by atoms with van der Waals surface area (Å²) >= 11 is 6.17. The van der Waals surface area contributed by atoms with Crippen LogP contribution in [0.25, 0.3) is 0 Å². The lowest BCUT2D eigenvalue weighted by molar-refractivity contribution is 0.363. The van der Waals surface area contributed by atoms with Gasteiger partial charge in [-0.25, -0.2) is 4.99 Å². The number of hydrogen-bond donors (Lipinski definition) is 1. The van der Waals surface area contributed by atoms with Crippen LogP contribution in [0.2, 0.25) is 5.02 Å². The van der Waals surface area contributed by atoms with Crippen molar-refractivity contribution in [3.05, 3.63) is 40.5 Å². The highest BCUT2D eigenvalue weighted by Gasteiger charge is 2.21. The van der Waals surface area contributed by atoms with Gasteiger partial charge in [-0.3, -0.25) is 0 Å². The van der Waals surface area contributed by atoms with E-state index in [1.165, 1.54) is 11.3 Å². The number of nitrogens with one attached hydrogen (secondary N) is 1. The van der Waals surface area contributed by atoms with E-state index in [9.17, 15) is 0 Å². The number of halogens is 2. The topological polar surface area (TPSA) is 69.8 Å². The number of aryl methyl sites for hydroxylation is 2. The number of piperazine rings is 1. The van der Waals surface area contributed by atoms with Gasteiger partial charge in [0.2, 0.25) is 5.89 Å². The highest BCUT2D eigenvalue weighted by atomic mass is 127. The molecule has 2 heterocycles. The van der Waals surface area contributed by atoms with Crippen LogP contribution in [-0.2, 0) is 6.54 Å². The van der Waals surface area contributed by atoms with Crippen molar-refractivity contribution in [2.45, 2.75) is 27.3 Å². The summed E-state index contributed by atoms with van der Waals surface area (Å²) in [5, 5.41) is 7.93. The monoisotopic (exact) mass is 504 g/mol. The van der Waals surface area contributed by atoms with Crippen LogP contribution in [0.1, 0.15) is 24.2 Å². The fourth-order valence-electron chi connectivity index (χ4n) is 3.05. The van der Waals surface area contributed by atoms with Gasteiger partial charge in [-0.2, -0.15) is 4.98 Å². The molecule has 7 nitrogen and oxygen atoms in total. The molecule has 1 fully saturated rings. The molecule has 9 heteroatoms. The number of hydrogen-bond acceptors (Lipinski definition) is 5. The van der Waals surface area contributed by atoms with Crippen molar-refractivity contribution in [2.24, 2.45) is 4.99 Å². The van der Waals surface area contributed by atoms with Crippen LogP contribution < -0.4 is 10.2 Å². The molecule has 0 amide bonds. The second-order valence-electron chi connectivity index (χ2n) is 6.31. The third kappa shape index (κ3) is 5.71. The van der Waals surface area contributed by atoms with Crippen LogP contribution >= 0.6 is 35.6 Å². The number of anilines is 1. The molecular weight excluding hydrogens is 479 g/mol. The second kappa shape index (κ2) is 10.1. The van der Waals surface area contributed by atoms with E-state index in [1.54, 1.807) is 6.92 Å². The lowest BCUT2D eigenvalue weighted by Gasteiger charge is -2.38. The van der Waals surface area contributed by atoms with E-state index in [2.05, 4.69) is 50.2 Å². The summed E-state index contributed by atoms with van der Waals surface area (Å²) in [6.07, 6.45) is 0. The minimum atomic E-state index is 0. The summed E-state index contributed by atoms with van der Waals surface area (Å²) in [5.74, 6) is 2.04. The second-order valence-corrected chi connectivity index (χ2v) is 6.75. The predicted molar refractivity (Wildman–Crippen MR) is 119 cm³/mol. The molecule has 1 aliphatic rings. The Labute approximate surface area is 182 Å². The standard InChI is InChI=1S/C18H25ClN6O.HI/c1-4-20-18(21-12-17-22-14(3)23-26-17)25-9-7-24(8-10-25)16-11-15(19)6-5-13(16)2;/h5-6,11H,4,7-10,12H2,1-3H3,(H,20,21);1H. The van der Waals surface area contributed by atoms with E-state index >= 15 is 0 Å². The highest BCUT2D eigenvalue weighted by Crippen LogP contribution is 2.25. The Balaban J connectivity index is 0.00000261. The van der Waals surface area contributed by atoms with Crippen molar-refractivity contribution in [3.63, 3.8) is 0 Å². The first kappa shape index (κ1) is 21.7. The van der Waals surface area contributed by atoms with Crippen LogP contribution in [0.15, 0.2) is 27.7 Å². The molecule has 1 aliphatic heterocycles. The lowest BCUT2D eigenvalue weighted by Crippen LogP contribution is -2.52. The molecule has 0 radical (unpaired) electrons. The summed E-state index contributed by atoms with van der Waals surface area (Å²) < 4.78 is 5.14. The molecule has 0 atom stereocenters. The van der Waals surface area contributed by atoms with Crippen molar-refractivity contribution in [1.82, 2.24) is 20.4 Å². The molecule has 27 heavy (non-hydrogen) atoms. The van der Waals surface area contributed by atoms with Gasteiger partial charge in [0.25, 0.3) is 0 Å². The molecule has 2 aromatic rings. The number of nitrogens with zero attached hydrogens (tertiary/aromatic N) is 5. The molecular formula is C18H26ClIN6O. The third-order valence-corrected chi connectivity index (χ3v) is 4.59. The average Bonchev–Trinajstić information content (AvgIpc) is 3.06. The molecule has 0 bridgehead atoms. The number of guanidine groups is 1. The number of rotatable bonds is 4. The highest BCUT2D eigenvalue weighted by molar-refractivity contribution is 14.0. The summed E-state index contributed by atoms with van der Waals surface area (Å²) in [5.41, 5.74) is 2.45. The molecule has 0 spiro atoms. The van der Waals surface area contributed by atoms with Crippen LogP contribution in [0.4, 0.5) is 5.69 Å². The molecule has 0 aliphatic carbocycles. The van der Waals surface area contributed by atoms with Crippen LogP contribution in [0, 0.1) is 13.8 Å². The van der Waals surface area contributed by atoms with Gasteiger partial charge in [-0.05, 0) is 38.5 Å². The van der Waals surface area contributed by atoms with Gasteiger partial charge in [0, 0.05) is 43.4 Å². The van der Waals surface area contributed by atoms with Gasteiger partial charge in [0.1, 0.15) is 6.54 Å². The van der Waals surface area contributed by atoms with Crippen LogP contribution in [0.5, 0.6) is 0 Å². The predicted octanol–water partition coefficient (Wildman–Crippen LogP) is 3.25. The van der Waals surface area contributed by atoms with E-state index in [1.807, 2.05) is 12.1 Å². The zero-order valence-electron chi connectivity index (χ0n) is 15.9. The molecule has 0 unspecified atom stereocenters. The molecule has 148 valence electrons. The fraction of sp³-hybridized carbons (Fsp3) is 0.500. The Hall–Kier alpha value is -1.55. The Morgan fingerprint density at radius 3 is 2.63 bits per heavy atom. The maximum Gasteiger partial charge on any atom is 0.248 e. The number of aromatic nitrogens is 2. The lowest BCUT2D eigenvalue weighted by atomic mass is 10.1. The Morgan fingerprint density at radius 2 is 2.00 bits per heavy atom. The average molecular weight is 505 g/mol. The van der Waals surface area contributed by atoms with Crippen molar-refractivity contribution in [2.75, 3.05) is 37.6 Å². The summed E-state index contributed by atoms with van der Waals surface area (Å²) in [4.78, 5) is 13.5. The summed E-state index contributed by atoms with van der Waals surface area (Å²) in [7, 11) is 0. The molecule has 1 aromatic carbocycles. The zero-order chi connectivity index (χ0) is 18.5. The smallest absolute Gasteiger partial charge is 0.248 e. The largest absolute Gasteiger partial charge is 0.368 e. The molecule has 1 N–H and O–H groups in total. The van der Waals surface area contributed by atoms with Gasteiger partial charge in [-0.1, -0.05) is 22.8 Å². The Bertz CT molecular complexity index is 773. The normalized spacial score (nSPS) is 14.9. The molecule has 1 aromatic heterocycles. The van der Waals surface area contributed by atoms with E-state index in [0.717, 1.165) is 43.7 Å². The van der Waals surface area contributed by atoms with Gasteiger partial charge in [0.15, 0.2) is 11.8 Å². The first-order chi connectivity index (χ1) is 12.6. The van der Waals surface area contributed by atoms with E-state index in [-0.39, 0.29) is 24.0 Å². The first-order valence-electron chi connectivity index (χ1n) is 8.90. The molecule has 1 saturated heterocycles. The van der Waals surface area contributed by atoms with E-state index in [4.69, 9.17) is 16.1 Å². The number of benzene rings is 1. The molecule has 3 rings (SSSR count). The maximum atomic E-state index is 6.17. The van der Waals surface area contributed by atoms with Crippen LogP contribution in [0.3, 0.4) is 0 Å². The van der Waals surface area contributed by atoms with E-state index in [0.29, 0.717) is 18.3 Å². The Morgan fingerprint density at radius 1 is 1.26 bits per heavy atom. The summed E-state index contributed by atoms with van der Waals surface area (Å²) in [6.45, 7) is 10.8. The zero-order valence-corrected chi connectivity index (χ0v) is 19.0. The first-order valence-corrected chi connectivity index (χ1v) is 9.28. The minimum Gasteiger partial charge on any atom is -0.368 e. The van der Waals surface area contributed by atoms with Crippen molar-refractivity contribution in [3.8, 4) is 0 Å². The number of aliphatic imine (C=N–C) groups is 1. The Kier molecular flexibility index (Phi) is 8.15. The van der Waals surface area contributed by atoms with Gasteiger partial charge in [-0.15, -0.1) is 24.0 Å². The van der Waals surface area contributed by atoms with Gasteiger partial charge in [0.05, 0.1) is 0 Å².